The first kappa shape index (κ1) is 18.5. The third kappa shape index (κ3) is 4.44. The van der Waals surface area contributed by atoms with Gasteiger partial charge in [0.2, 0.25) is 0 Å². The Morgan fingerprint density at radius 2 is 2.19 bits per heavy atom. The van der Waals surface area contributed by atoms with Gasteiger partial charge in [-0.25, -0.2) is 4.39 Å². The molecule has 1 aromatic carbocycles. The van der Waals surface area contributed by atoms with E-state index in [1.54, 1.807) is 30.0 Å². The Morgan fingerprint density at radius 1 is 1.43 bits per heavy atom. The van der Waals surface area contributed by atoms with Crippen LogP contribution in [0.2, 0.25) is 0 Å². The van der Waals surface area contributed by atoms with Gasteiger partial charge in [-0.15, -0.1) is 23.9 Å². The molecule has 21 heavy (non-hydrogen) atoms. The summed E-state index contributed by atoms with van der Waals surface area (Å²) in [4.78, 5) is 1.93. The van der Waals surface area contributed by atoms with Crippen molar-refractivity contribution in [2.75, 3.05) is 18.7 Å². The summed E-state index contributed by atoms with van der Waals surface area (Å²) in [5, 5.41) is 0. The molecule has 1 aromatic rings. The third-order valence-corrected chi connectivity index (χ3v) is 3.32. The number of ether oxygens (including phenoxy) is 1. The molecule has 0 fully saturated rings. The molecule has 0 spiro atoms. The second kappa shape index (κ2) is 8.77. The smallest absolute Gasteiger partial charge is 0.133 e. The quantitative estimate of drug-likeness (QED) is 0.565. The predicted molar refractivity (Wildman–Crippen MR) is 82.7 cm³/mol. The first-order valence-corrected chi connectivity index (χ1v) is 7.75. The summed E-state index contributed by atoms with van der Waals surface area (Å²) in [5.41, 5.74) is 2.05. The van der Waals surface area contributed by atoms with Crippen LogP contribution >= 0.6 is 11.8 Å². The second-order valence-electron chi connectivity index (χ2n) is 4.25. The zero-order chi connectivity index (χ0) is 14.5. The number of likely N-dealkylation sites (N-methyl/N-ethyl adjacent to an activating group) is 1. The number of rotatable bonds is 5. The molecule has 2 rings (SSSR count). The van der Waals surface area contributed by atoms with E-state index >= 15 is 0 Å². The fraction of sp³-hybridized carbons (Fsp3) is 0.250. The summed E-state index contributed by atoms with van der Waals surface area (Å²) in [6.45, 7) is 6.68. The molecule has 0 bridgehead atoms. The molecule has 0 N–H and O–H groups in total. The fourth-order valence-corrected chi connectivity index (χ4v) is 2.27. The summed E-state index contributed by atoms with van der Waals surface area (Å²) in [7, 11) is 0. The Kier molecular flexibility index (Phi) is 7.71. The molecule has 0 amide bonds. The summed E-state index contributed by atoms with van der Waals surface area (Å²) < 4.78 is 19.7. The number of hydrogen-bond donors (Lipinski definition) is 0. The molecule has 0 atom stereocenters. The van der Waals surface area contributed by atoms with Crippen LogP contribution in [0.1, 0.15) is 12.5 Å². The van der Waals surface area contributed by atoms with Crippen molar-refractivity contribution >= 4 is 17.5 Å². The summed E-state index contributed by atoms with van der Waals surface area (Å²) >= 11 is 1.55. The molecule has 0 aliphatic carbocycles. The Labute approximate surface area is 155 Å². The zero-order valence-corrected chi connectivity index (χ0v) is 15.9. The molecule has 0 aromatic heterocycles. The Balaban J connectivity index is 0.00000220. The molecule has 0 unspecified atom stereocenters. The van der Waals surface area contributed by atoms with Crippen molar-refractivity contribution in [2.24, 2.45) is 0 Å². The van der Waals surface area contributed by atoms with Crippen molar-refractivity contribution in [3.8, 4) is 5.75 Å². The number of hydrogen-bond acceptors (Lipinski definition) is 3. The molecular formula is C16H17FNOSY-. The molecule has 1 aliphatic rings. The average molecular weight is 379 g/mol. The normalized spacial score (nSPS) is 13.8. The maximum atomic E-state index is 14.3. The molecule has 0 saturated heterocycles. The fourth-order valence-electron chi connectivity index (χ4n) is 2.02. The maximum absolute atomic E-state index is 14.3. The van der Waals surface area contributed by atoms with Crippen LogP contribution in [0.25, 0.3) is 5.70 Å². The first-order chi connectivity index (χ1) is 9.67. The van der Waals surface area contributed by atoms with Crippen LogP contribution in [-0.4, -0.2) is 23.6 Å². The minimum absolute atomic E-state index is 0. The van der Waals surface area contributed by atoms with Crippen molar-refractivity contribution in [3.63, 3.8) is 0 Å². The first-order valence-electron chi connectivity index (χ1n) is 6.35. The Morgan fingerprint density at radius 3 is 2.81 bits per heavy atom. The summed E-state index contributed by atoms with van der Waals surface area (Å²) in [5.74, 6) is 0.732. The van der Waals surface area contributed by atoms with Gasteiger partial charge in [-0.1, -0.05) is 17.8 Å². The van der Waals surface area contributed by atoms with Crippen molar-refractivity contribution in [2.45, 2.75) is 6.92 Å². The minimum atomic E-state index is -0.312. The number of halogens is 1. The van der Waals surface area contributed by atoms with Gasteiger partial charge in [0, 0.05) is 45.3 Å². The van der Waals surface area contributed by atoms with E-state index in [2.05, 4.69) is 12.7 Å². The van der Waals surface area contributed by atoms with Crippen molar-refractivity contribution in [1.82, 2.24) is 4.90 Å². The molecule has 2 nitrogen and oxygen atoms in total. The summed E-state index contributed by atoms with van der Waals surface area (Å²) in [6.07, 6.45) is 8.65. The van der Waals surface area contributed by atoms with E-state index in [9.17, 15) is 4.39 Å². The number of benzene rings is 1. The van der Waals surface area contributed by atoms with Gasteiger partial charge in [0.05, 0.1) is 5.82 Å². The van der Waals surface area contributed by atoms with Gasteiger partial charge >= 0.3 is 0 Å². The molecule has 1 radical (unpaired) electrons. The minimum Gasteiger partial charge on any atom is -0.483 e. The van der Waals surface area contributed by atoms with Gasteiger partial charge in [0.1, 0.15) is 11.7 Å². The van der Waals surface area contributed by atoms with E-state index in [1.165, 1.54) is 6.07 Å². The Hall–Kier alpha value is -0.576. The van der Waals surface area contributed by atoms with Crippen LogP contribution in [0.5, 0.6) is 5.75 Å². The molecule has 1 heterocycles. The van der Waals surface area contributed by atoms with Crippen LogP contribution in [-0.2, 0) is 32.7 Å². The van der Waals surface area contributed by atoms with E-state index < -0.39 is 0 Å². The van der Waals surface area contributed by atoms with Gasteiger partial charge in [0.15, 0.2) is 0 Å². The predicted octanol–water partition coefficient (Wildman–Crippen LogP) is 4.07. The van der Waals surface area contributed by atoms with Crippen LogP contribution in [0.15, 0.2) is 42.6 Å². The molecule has 1 aliphatic heterocycles. The van der Waals surface area contributed by atoms with Crippen molar-refractivity contribution in [3.05, 3.63) is 60.1 Å². The van der Waals surface area contributed by atoms with Crippen LogP contribution < -0.4 is 4.74 Å². The largest absolute Gasteiger partial charge is 0.483 e. The van der Waals surface area contributed by atoms with Crippen molar-refractivity contribution < 1.29 is 41.8 Å². The monoisotopic (exact) mass is 379 g/mol. The van der Waals surface area contributed by atoms with E-state index in [1.807, 2.05) is 24.2 Å². The van der Waals surface area contributed by atoms with E-state index in [0.717, 1.165) is 12.2 Å². The van der Waals surface area contributed by atoms with E-state index in [4.69, 9.17) is 4.74 Å². The van der Waals surface area contributed by atoms with Gasteiger partial charge in [-0.2, -0.15) is 12.2 Å². The van der Waals surface area contributed by atoms with Crippen LogP contribution in [0.3, 0.4) is 0 Å². The van der Waals surface area contributed by atoms with Gasteiger partial charge in [-0.05, 0) is 24.9 Å². The number of nitrogens with zero attached hydrogens (tertiary/aromatic N) is 1. The van der Waals surface area contributed by atoms with Gasteiger partial charge in [0.25, 0.3) is 0 Å². The SMILES string of the molecule is C=C1C=C[C-]=C(c2ccc(OCSC)cc2F)N1CC.[Y]. The standard InChI is InChI=1S/C16H17FNOS.Y/c1-4-18-12(2)6-5-7-16(18)14-9-8-13(10-15(14)17)19-11-20-3;/h5-6,8-10H,2,4,11H2,1,3H3;/q-1;. The number of thioether (sulfide) groups is 1. The zero-order valence-electron chi connectivity index (χ0n) is 12.2. The average Bonchev–Trinajstić information content (AvgIpc) is 2.45. The molecule has 0 saturated carbocycles. The van der Waals surface area contributed by atoms with Gasteiger partial charge in [-0.3, -0.25) is 0 Å². The molecule has 109 valence electrons. The molecule has 5 heteroatoms. The van der Waals surface area contributed by atoms with E-state index in [0.29, 0.717) is 22.9 Å². The van der Waals surface area contributed by atoms with Crippen LogP contribution in [0, 0.1) is 11.9 Å². The number of allylic oxidation sites excluding steroid dienone is 3. The Bertz CT molecular complexity index is 571. The van der Waals surface area contributed by atoms with Crippen LogP contribution in [0.4, 0.5) is 4.39 Å². The molecular weight excluding hydrogens is 362 g/mol. The van der Waals surface area contributed by atoms with E-state index in [-0.39, 0.29) is 38.5 Å². The maximum Gasteiger partial charge on any atom is 0.133 e. The third-order valence-electron chi connectivity index (χ3n) is 2.97. The van der Waals surface area contributed by atoms with Crippen molar-refractivity contribution in [1.29, 1.82) is 0 Å². The second-order valence-corrected chi connectivity index (χ2v) is 5.07. The summed E-state index contributed by atoms with van der Waals surface area (Å²) in [6, 6.07) is 4.91. The topological polar surface area (TPSA) is 12.5 Å². The van der Waals surface area contributed by atoms with Gasteiger partial charge < -0.3 is 9.64 Å².